The highest BCUT2D eigenvalue weighted by atomic mass is 16.5. The van der Waals surface area contributed by atoms with Crippen LogP contribution in [0.25, 0.3) is 0 Å². The summed E-state index contributed by atoms with van der Waals surface area (Å²) in [5.74, 6) is 1.49. The van der Waals surface area contributed by atoms with E-state index in [1.54, 1.807) is 6.92 Å². The van der Waals surface area contributed by atoms with Crippen LogP contribution in [0.15, 0.2) is 36.4 Å². The van der Waals surface area contributed by atoms with E-state index in [0.717, 1.165) is 22.4 Å². The Labute approximate surface area is 119 Å². The third-order valence-electron chi connectivity index (χ3n) is 3.17. The first-order valence-electron chi connectivity index (χ1n) is 6.48. The molecule has 1 N–H and O–H groups in total. The fourth-order valence-electron chi connectivity index (χ4n) is 2.11. The molecule has 0 saturated heterocycles. The number of aliphatic hydroxyl groups is 1. The highest BCUT2D eigenvalue weighted by Gasteiger charge is 2.08. The van der Waals surface area contributed by atoms with E-state index in [4.69, 9.17) is 10.00 Å². The molecule has 0 amide bonds. The molecule has 3 heteroatoms. The summed E-state index contributed by atoms with van der Waals surface area (Å²) in [7, 11) is 0. The van der Waals surface area contributed by atoms with Crippen molar-refractivity contribution in [2.24, 2.45) is 0 Å². The lowest BCUT2D eigenvalue weighted by atomic mass is 10.1. The van der Waals surface area contributed by atoms with Crippen LogP contribution in [0.5, 0.6) is 11.5 Å². The molecule has 0 aliphatic heterocycles. The topological polar surface area (TPSA) is 53.2 Å². The summed E-state index contributed by atoms with van der Waals surface area (Å²) in [6.07, 6.45) is -0.484. The molecular weight excluding hydrogens is 250 g/mol. The Hall–Kier alpha value is -2.31. The molecule has 102 valence electrons. The summed E-state index contributed by atoms with van der Waals surface area (Å²) in [6.45, 7) is 5.57. The van der Waals surface area contributed by atoms with E-state index in [-0.39, 0.29) is 0 Å². The molecule has 3 nitrogen and oxygen atoms in total. The van der Waals surface area contributed by atoms with Crippen molar-refractivity contribution < 1.29 is 9.84 Å². The molecule has 2 aromatic carbocycles. The zero-order chi connectivity index (χ0) is 14.7. The number of rotatable bonds is 3. The minimum Gasteiger partial charge on any atom is -0.457 e. The smallest absolute Gasteiger partial charge is 0.133 e. The number of benzene rings is 2. The van der Waals surface area contributed by atoms with Gasteiger partial charge in [0, 0.05) is 0 Å². The van der Waals surface area contributed by atoms with Gasteiger partial charge >= 0.3 is 0 Å². The molecule has 0 unspecified atom stereocenters. The largest absolute Gasteiger partial charge is 0.457 e. The van der Waals surface area contributed by atoms with Crippen LogP contribution in [-0.2, 0) is 0 Å². The summed E-state index contributed by atoms with van der Waals surface area (Å²) < 4.78 is 5.88. The van der Waals surface area contributed by atoms with Gasteiger partial charge < -0.3 is 9.84 Å². The lowest BCUT2D eigenvalue weighted by molar-refractivity contribution is 0.199. The molecule has 2 aromatic rings. The highest BCUT2D eigenvalue weighted by molar-refractivity contribution is 5.49. The van der Waals surface area contributed by atoms with E-state index >= 15 is 0 Å². The van der Waals surface area contributed by atoms with E-state index < -0.39 is 6.10 Å². The maximum atomic E-state index is 9.48. The second-order valence-corrected chi connectivity index (χ2v) is 4.90. The van der Waals surface area contributed by atoms with Crippen LogP contribution in [0.3, 0.4) is 0 Å². The summed E-state index contributed by atoms with van der Waals surface area (Å²) in [6, 6.07) is 13.1. The standard InChI is InChI=1S/C17H17NO2/c1-11-8-14(10-18)9-12(2)17(11)20-16-6-4-15(5-7-16)13(3)19/h4-9,13,19H,1-3H3/t13-/m0/s1. The van der Waals surface area contributed by atoms with Crippen LogP contribution in [-0.4, -0.2) is 5.11 Å². The molecule has 1 atom stereocenters. The van der Waals surface area contributed by atoms with Gasteiger partial charge in [-0.3, -0.25) is 0 Å². The highest BCUT2D eigenvalue weighted by Crippen LogP contribution is 2.30. The van der Waals surface area contributed by atoms with Crippen molar-refractivity contribution >= 4 is 0 Å². The summed E-state index contributed by atoms with van der Waals surface area (Å²) in [5, 5.41) is 18.4. The van der Waals surface area contributed by atoms with Gasteiger partial charge in [-0.05, 0) is 61.7 Å². The number of aryl methyl sites for hydroxylation is 2. The molecule has 2 rings (SSSR count). The van der Waals surface area contributed by atoms with Crippen molar-refractivity contribution in [3.63, 3.8) is 0 Å². The van der Waals surface area contributed by atoms with Crippen LogP contribution in [0, 0.1) is 25.2 Å². The Morgan fingerprint density at radius 1 is 1.10 bits per heavy atom. The monoisotopic (exact) mass is 267 g/mol. The normalized spacial score (nSPS) is 11.8. The number of hydrogen-bond donors (Lipinski definition) is 1. The lowest BCUT2D eigenvalue weighted by Crippen LogP contribution is -1.94. The average Bonchev–Trinajstić information content (AvgIpc) is 2.43. The molecule has 0 fully saturated rings. The van der Waals surface area contributed by atoms with Crippen molar-refractivity contribution in [2.75, 3.05) is 0 Å². The van der Waals surface area contributed by atoms with E-state index in [9.17, 15) is 5.11 Å². The molecule has 0 aromatic heterocycles. The van der Waals surface area contributed by atoms with Gasteiger partial charge in [0.2, 0.25) is 0 Å². The predicted octanol–water partition coefficient (Wildman–Crippen LogP) is 4.02. The number of nitrogens with zero attached hydrogens (tertiary/aromatic N) is 1. The van der Waals surface area contributed by atoms with Crippen molar-refractivity contribution in [1.29, 1.82) is 5.26 Å². The summed E-state index contributed by atoms with van der Waals surface area (Å²) in [5.41, 5.74) is 3.35. The molecule has 0 bridgehead atoms. The van der Waals surface area contributed by atoms with Crippen LogP contribution in [0.1, 0.15) is 35.3 Å². The third-order valence-corrected chi connectivity index (χ3v) is 3.17. The van der Waals surface area contributed by atoms with Crippen molar-refractivity contribution in [1.82, 2.24) is 0 Å². The second-order valence-electron chi connectivity index (χ2n) is 4.90. The van der Waals surface area contributed by atoms with Gasteiger partial charge in [0.15, 0.2) is 0 Å². The zero-order valence-electron chi connectivity index (χ0n) is 11.8. The minimum atomic E-state index is -0.484. The Morgan fingerprint density at radius 3 is 2.10 bits per heavy atom. The van der Waals surface area contributed by atoms with Crippen LogP contribution in [0.4, 0.5) is 0 Å². The summed E-state index contributed by atoms with van der Waals surface area (Å²) >= 11 is 0. The van der Waals surface area contributed by atoms with Gasteiger partial charge in [0.25, 0.3) is 0 Å². The fraction of sp³-hybridized carbons (Fsp3) is 0.235. The SMILES string of the molecule is Cc1cc(C#N)cc(C)c1Oc1ccc([C@H](C)O)cc1. The van der Waals surface area contributed by atoms with Gasteiger partial charge in [0.05, 0.1) is 17.7 Å². The Kier molecular flexibility index (Phi) is 4.07. The van der Waals surface area contributed by atoms with Gasteiger partial charge in [-0.2, -0.15) is 5.26 Å². The first kappa shape index (κ1) is 14.1. The van der Waals surface area contributed by atoms with Gasteiger partial charge in [-0.1, -0.05) is 12.1 Å². The molecule has 0 spiro atoms. The van der Waals surface area contributed by atoms with E-state index in [0.29, 0.717) is 11.3 Å². The number of hydrogen-bond acceptors (Lipinski definition) is 3. The Morgan fingerprint density at radius 2 is 1.65 bits per heavy atom. The number of aliphatic hydroxyl groups excluding tert-OH is 1. The first-order valence-corrected chi connectivity index (χ1v) is 6.48. The second kappa shape index (κ2) is 5.77. The van der Waals surface area contributed by atoms with Crippen molar-refractivity contribution in [3.8, 4) is 17.6 Å². The van der Waals surface area contributed by atoms with Crippen molar-refractivity contribution in [2.45, 2.75) is 26.9 Å². The van der Waals surface area contributed by atoms with Crippen LogP contribution < -0.4 is 4.74 Å². The average molecular weight is 267 g/mol. The maximum Gasteiger partial charge on any atom is 0.133 e. The Balaban J connectivity index is 2.28. The van der Waals surface area contributed by atoms with Crippen molar-refractivity contribution in [3.05, 3.63) is 58.7 Å². The van der Waals surface area contributed by atoms with Gasteiger partial charge in [-0.25, -0.2) is 0 Å². The van der Waals surface area contributed by atoms with E-state index in [1.165, 1.54) is 0 Å². The summed E-state index contributed by atoms with van der Waals surface area (Å²) in [4.78, 5) is 0. The molecule has 0 saturated carbocycles. The van der Waals surface area contributed by atoms with Gasteiger partial charge in [-0.15, -0.1) is 0 Å². The lowest BCUT2D eigenvalue weighted by Gasteiger charge is -2.13. The maximum absolute atomic E-state index is 9.48. The van der Waals surface area contributed by atoms with Crippen LogP contribution in [0.2, 0.25) is 0 Å². The van der Waals surface area contributed by atoms with E-state index in [1.807, 2.05) is 50.2 Å². The third kappa shape index (κ3) is 2.98. The minimum absolute atomic E-state index is 0.484. The number of nitriles is 1. The predicted molar refractivity (Wildman–Crippen MR) is 77.8 cm³/mol. The molecule has 20 heavy (non-hydrogen) atoms. The molecular formula is C17H17NO2. The first-order chi connectivity index (χ1) is 9.51. The molecule has 0 aliphatic carbocycles. The quantitative estimate of drug-likeness (QED) is 0.913. The fourth-order valence-corrected chi connectivity index (χ4v) is 2.11. The van der Waals surface area contributed by atoms with E-state index in [2.05, 4.69) is 6.07 Å². The zero-order valence-corrected chi connectivity index (χ0v) is 11.8. The molecule has 0 radical (unpaired) electrons. The number of ether oxygens (including phenoxy) is 1. The van der Waals surface area contributed by atoms with Gasteiger partial charge in [0.1, 0.15) is 11.5 Å². The Bertz CT molecular complexity index is 629. The molecule has 0 aliphatic rings. The molecule has 0 heterocycles. The van der Waals surface area contributed by atoms with Crippen LogP contribution >= 0.6 is 0 Å².